The Morgan fingerprint density at radius 2 is 1.77 bits per heavy atom. The van der Waals surface area contributed by atoms with Crippen molar-refractivity contribution >= 4 is 32.5 Å². The normalized spacial score (nSPS) is 11.6. The number of nitrogens with one attached hydrogen (secondary N) is 2. The van der Waals surface area contributed by atoms with Crippen molar-refractivity contribution in [1.29, 1.82) is 0 Å². The molecule has 9 nitrogen and oxygen atoms in total. The zero-order chi connectivity index (χ0) is 22.1. The van der Waals surface area contributed by atoms with E-state index in [4.69, 9.17) is 0 Å². The first-order chi connectivity index (χ1) is 14.2. The SMILES string of the molecule is CCn1c(=O)c2ccccc2n(CC(=O)Nc2ccc(C)c(S(=O)(=O)NC)c2)c1=O. The van der Waals surface area contributed by atoms with E-state index in [-0.39, 0.29) is 23.7 Å². The topological polar surface area (TPSA) is 119 Å². The Balaban J connectivity index is 1.99. The summed E-state index contributed by atoms with van der Waals surface area (Å²) in [7, 11) is -2.38. The van der Waals surface area contributed by atoms with Crippen LogP contribution in [0.4, 0.5) is 5.69 Å². The highest BCUT2D eigenvalue weighted by atomic mass is 32.2. The van der Waals surface area contributed by atoms with Crippen molar-refractivity contribution in [1.82, 2.24) is 13.9 Å². The van der Waals surface area contributed by atoms with Crippen LogP contribution in [0.2, 0.25) is 0 Å². The smallest absolute Gasteiger partial charge is 0.324 e. The van der Waals surface area contributed by atoms with Crippen molar-refractivity contribution in [3.05, 3.63) is 68.9 Å². The van der Waals surface area contributed by atoms with Gasteiger partial charge in [-0.05, 0) is 50.7 Å². The summed E-state index contributed by atoms with van der Waals surface area (Å²) in [5, 5.41) is 2.96. The number of sulfonamides is 1. The van der Waals surface area contributed by atoms with Crippen LogP contribution in [0, 0.1) is 6.92 Å². The summed E-state index contributed by atoms with van der Waals surface area (Å²) in [6, 6.07) is 11.1. The van der Waals surface area contributed by atoms with Gasteiger partial charge in [-0.25, -0.2) is 17.9 Å². The first-order valence-corrected chi connectivity index (χ1v) is 10.7. The Morgan fingerprint density at radius 1 is 1.07 bits per heavy atom. The number of carbonyl (C=O) groups excluding carboxylic acids is 1. The van der Waals surface area contributed by atoms with Gasteiger partial charge in [0.1, 0.15) is 6.54 Å². The quantitative estimate of drug-likeness (QED) is 0.606. The van der Waals surface area contributed by atoms with Gasteiger partial charge in [0.05, 0.1) is 15.8 Å². The summed E-state index contributed by atoms with van der Waals surface area (Å²) in [6.45, 7) is 3.17. The van der Waals surface area contributed by atoms with Gasteiger partial charge in [0.25, 0.3) is 5.56 Å². The van der Waals surface area contributed by atoms with Crippen molar-refractivity contribution in [3.8, 4) is 0 Å². The molecular formula is C20H22N4O5S. The molecule has 0 saturated heterocycles. The Hall–Kier alpha value is -3.24. The molecule has 3 rings (SSSR count). The van der Waals surface area contributed by atoms with E-state index in [1.165, 1.54) is 17.7 Å². The van der Waals surface area contributed by atoms with Crippen LogP contribution in [0.1, 0.15) is 12.5 Å². The molecule has 0 spiro atoms. The molecule has 158 valence electrons. The maximum absolute atomic E-state index is 12.8. The summed E-state index contributed by atoms with van der Waals surface area (Å²) in [4.78, 5) is 37.9. The molecule has 0 aliphatic carbocycles. The van der Waals surface area contributed by atoms with Gasteiger partial charge in [-0.1, -0.05) is 18.2 Å². The van der Waals surface area contributed by atoms with Crippen molar-refractivity contribution in [2.75, 3.05) is 12.4 Å². The van der Waals surface area contributed by atoms with E-state index in [0.29, 0.717) is 16.5 Å². The number of benzene rings is 2. The lowest BCUT2D eigenvalue weighted by Crippen LogP contribution is -2.41. The van der Waals surface area contributed by atoms with Crippen molar-refractivity contribution in [2.45, 2.75) is 31.8 Å². The van der Waals surface area contributed by atoms with E-state index in [1.54, 1.807) is 50.2 Å². The number of fused-ring (bicyclic) bond motifs is 1. The molecule has 3 aromatic rings. The lowest BCUT2D eigenvalue weighted by molar-refractivity contribution is -0.116. The van der Waals surface area contributed by atoms with Crippen LogP contribution < -0.4 is 21.3 Å². The van der Waals surface area contributed by atoms with Crippen molar-refractivity contribution in [2.24, 2.45) is 0 Å². The fraction of sp³-hybridized carbons (Fsp3) is 0.250. The number of hydrogen-bond donors (Lipinski definition) is 2. The van der Waals surface area contributed by atoms with Crippen LogP contribution in [0.3, 0.4) is 0 Å². The zero-order valence-corrected chi connectivity index (χ0v) is 17.6. The van der Waals surface area contributed by atoms with E-state index in [2.05, 4.69) is 10.0 Å². The summed E-state index contributed by atoms with van der Waals surface area (Å²) < 4.78 is 28.8. The highest BCUT2D eigenvalue weighted by Gasteiger charge is 2.17. The average molecular weight is 430 g/mol. The number of rotatable bonds is 6. The molecule has 30 heavy (non-hydrogen) atoms. The number of amides is 1. The number of para-hydroxylation sites is 1. The molecule has 0 aliphatic heterocycles. The third kappa shape index (κ3) is 3.91. The van der Waals surface area contributed by atoms with Gasteiger partial charge >= 0.3 is 5.69 Å². The fourth-order valence-corrected chi connectivity index (χ4v) is 4.22. The largest absolute Gasteiger partial charge is 0.331 e. The van der Waals surface area contributed by atoms with Gasteiger partial charge in [0, 0.05) is 12.2 Å². The molecule has 1 amide bonds. The Bertz CT molecular complexity index is 1360. The minimum atomic E-state index is -3.69. The minimum absolute atomic E-state index is 0.0462. The Labute approximate surface area is 173 Å². The predicted molar refractivity (Wildman–Crippen MR) is 114 cm³/mol. The molecule has 2 aromatic carbocycles. The molecule has 1 heterocycles. The van der Waals surface area contributed by atoms with E-state index in [0.717, 1.165) is 4.57 Å². The maximum Gasteiger partial charge on any atom is 0.331 e. The Morgan fingerprint density at radius 3 is 2.43 bits per heavy atom. The monoisotopic (exact) mass is 430 g/mol. The third-order valence-corrected chi connectivity index (χ3v) is 6.34. The molecule has 2 N–H and O–H groups in total. The average Bonchev–Trinajstić information content (AvgIpc) is 2.73. The fourth-order valence-electron chi connectivity index (χ4n) is 3.22. The zero-order valence-electron chi connectivity index (χ0n) is 16.8. The molecule has 0 radical (unpaired) electrons. The van der Waals surface area contributed by atoms with Crippen LogP contribution in [0.15, 0.2) is 56.9 Å². The molecule has 0 aliphatic rings. The highest BCUT2D eigenvalue weighted by Crippen LogP contribution is 2.20. The second kappa shape index (κ2) is 8.25. The lowest BCUT2D eigenvalue weighted by Gasteiger charge is -2.14. The third-order valence-electron chi connectivity index (χ3n) is 4.78. The molecular weight excluding hydrogens is 408 g/mol. The summed E-state index contributed by atoms with van der Waals surface area (Å²) in [5.41, 5.74) is 0.170. The van der Waals surface area contributed by atoms with Crippen LogP contribution >= 0.6 is 0 Å². The second-order valence-electron chi connectivity index (χ2n) is 6.67. The van der Waals surface area contributed by atoms with Crippen molar-refractivity contribution < 1.29 is 13.2 Å². The Kier molecular flexibility index (Phi) is 5.90. The van der Waals surface area contributed by atoms with E-state index >= 15 is 0 Å². The van der Waals surface area contributed by atoms with Gasteiger partial charge in [0.2, 0.25) is 15.9 Å². The standard InChI is InChI=1S/C20H22N4O5S/c1-4-23-19(26)15-7-5-6-8-16(15)24(20(23)27)12-18(25)22-14-10-9-13(2)17(11-14)30(28,29)21-3/h5-11,21H,4,12H2,1-3H3,(H,22,25). The van der Waals surface area contributed by atoms with E-state index in [1.807, 2.05) is 0 Å². The van der Waals surface area contributed by atoms with Crippen LogP contribution in [-0.4, -0.2) is 30.5 Å². The number of aromatic nitrogens is 2. The molecule has 0 bridgehead atoms. The van der Waals surface area contributed by atoms with Gasteiger partial charge < -0.3 is 5.32 Å². The number of hydrogen-bond acceptors (Lipinski definition) is 5. The molecule has 10 heteroatoms. The first-order valence-electron chi connectivity index (χ1n) is 9.26. The van der Waals surface area contributed by atoms with E-state index < -0.39 is 27.2 Å². The minimum Gasteiger partial charge on any atom is -0.324 e. The molecule has 0 atom stereocenters. The number of aryl methyl sites for hydroxylation is 1. The molecule has 1 aromatic heterocycles. The van der Waals surface area contributed by atoms with Gasteiger partial charge in [-0.15, -0.1) is 0 Å². The summed E-state index contributed by atoms with van der Waals surface area (Å²) >= 11 is 0. The molecule has 0 fully saturated rings. The summed E-state index contributed by atoms with van der Waals surface area (Å²) in [5.74, 6) is -0.528. The number of carbonyl (C=O) groups is 1. The van der Waals surface area contributed by atoms with Gasteiger partial charge in [-0.3, -0.25) is 18.7 Å². The van der Waals surface area contributed by atoms with E-state index in [9.17, 15) is 22.8 Å². The molecule has 0 unspecified atom stereocenters. The van der Waals surface area contributed by atoms with Gasteiger partial charge in [0.15, 0.2) is 0 Å². The van der Waals surface area contributed by atoms with Crippen LogP contribution in [0.5, 0.6) is 0 Å². The number of nitrogens with zero attached hydrogens (tertiary/aromatic N) is 2. The second-order valence-corrected chi connectivity index (χ2v) is 8.53. The summed E-state index contributed by atoms with van der Waals surface area (Å²) in [6.07, 6.45) is 0. The van der Waals surface area contributed by atoms with Gasteiger partial charge in [-0.2, -0.15) is 0 Å². The lowest BCUT2D eigenvalue weighted by atomic mass is 10.2. The number of anilines is 1. The van der Waals surface area contributed by atoms with Crippen molar-refractivity contribution in [3.63, 3.8) is 0 Å². The highest BCUT2D eigenvalue weighted by molar-refractivity contribution is 7.89. The van der Waals surface area contributed by atoms with Crippen LogP contribution in [-0.2, 0) is 27.9 Å². The molecule has 0 saturated carbocycles. The first kappa shape index (κ1) is 21.5. The maximum atomic E-state index is 12.8. The van der Waals surface area contributed by atoms with Crippen LogP contribution in [0.25, 0.3) is 10.9 Å². The predicted octanol–water partition coefficient (Wildman–Crippen LogP) is 1.04.